The van der Waals surface area contributed by atoms with Gasteiger partial charge in [-0.15, -0.1) is 0 Å². The van der Waals surface area contributed by atoms with Crippen molar-refractivity contribution in [3.63, 3.8) is 0 Å². The lowest BCUT2D eigenvalue weighted by molar-refractivity contribution is 0.394. The third kappa shape index (κ3) is 2.13. The van der Waals surface area contributed by atoms with Crippen LogP contribution in [0.25, 0.3) is 22.3 Å². The van der Waals surface area contributed by atoms with Crippen molar-refractivity contribution in [1.29, 1.82) is 0 Å². The van der Waals surface area contributed by atoms with Gasteiger partial charge in [-0.2, -0.15) is 0 Å². The first-order chi connectivity index (χ1) is 14.2. The summed E-state index contributed by atoms with van der Waals surface area (Å²) in [6.07, 6.45) is 0. The number of phenols is 2. The summed E-state index contributed by atoms with van der Waals surface area (Å²) in [6.45, 7) is 0. The third-order valence-electron chi connectivity index (χ3n) is 5.68. The SMILES string of the molecule is Oc1ccc2c(c1O)C(=C1c3ccccc3-c3ccccc31)c1ccccc1O2. The fraction of sp³-hybridized carbons (Fsp3) is 0. The van der Waals surface area contributed by atoms with Crippen LogP contribution in [0.1, 0.15) is 22.3 Å². The molecule has 4 aromatic rings. The van der Waals surface area contributed by atoms with Crippen molar-refractivity contribution < 1.29 is 14.9 Å². The smallest absolute Gasteiger partial charge is 0.169 e. The molecule has 0 saturated heterocycles. The fourth-order valence-corrected chi connectivity index (χ4v) is 4.45. The Morgan fingerprint density at radius 2 is 1.03 bits per heavy atom. The second-order valence-electron chi connectivity index (χ2n) is 7.25. The predicted molar refractivity (Wildman–Crippen MR) is 113 cm³/mol. The van der Waals surface area contributed by atoms with Crippen LogP contribution in [-0.2, 0) is 0 Å². The van der Waals surface area contributed by atoms with E-state index in [9.17, 15) is 10.2 Å². The summed E-state index contributed by atoms with van der Waals surface area (Å²) in [4.78, 5) is 0. The van der Waals surface area contributed by atoms with Gasteiger partial charge in [-0.25, -0.2) is 0 Å². The van der Waals surface area contributed by atoms with Crippen LogP contribution in [0.2, 0.25) is 0 Å². The monoisotopic (exact) mass is 376 g/mol. The van der Waals surface area contributed by atoms with Crippen molar-refractivity contribution in [2.24, 2.45) is 0 Å². The molecule has 0 radical (unpaired) electrons. The van der Waals surface area contributed by atoms with Gasteiger partial charge in [-0.05, 0) is 46.0 Å². The van der Waals surface area contributed by atoms with E-state index in [2.05, 4.69) is 24.3 Å². The van der Waals surface area contributed by atoms with Gasteiger partial charge in [0.15, 0.2) is 11.5 Å². The predicted octanol–water partition coefficient (Wildman–Crippen LogP) is 6.19. The van der Waals surface area contributed by atoms with Crippen LogP contribution in [0.3, 0.4) is 0 Å². The van der Waals surface area contributed by atoms with Crippen molar-refractivity contribution in [3.8, 4) is 34.1 Å². The van der Waals surface area contributed by atoms with E-state index in [0.29, 0.717) is 11.3 Å². The minimum atomic E-state index is -0.165. The molecule has 6 rings (SSSR count). The molecule has 0 fully saturated rings. The summed E-state index contributed by atoms with van der Waals surface area (Å²) in [7, 11) is 0. The maximum Gasteiger partial charge on any atom is 0.169 e. The first-order valence-corrected chi connectivity index (χ1v) is 9.50. The van der Waals surface area contributed by atoms with Gasteiger partial charge < -0.3 is 14.9 Å². The minimum absolute atomic E-state index is 0.163. The number of ether oxygens (including phenoxy) is 1. The molecule has 2 N–H and O–H groups in total. The van der Waals surface area contributed by atoms with E-state index >= 15 is 0 Å². The Labute approximate surface area is 167 Å². The molecule has 4 aromatic carbocycles. The lowest BCUT2D eigenvalue weighted by Gasteiger charge is -2.26. The Hall–Kier alpha value is -3.98. The summed E-state index contributed by atoms with van der Waals surface area (Å²) in [5.74, 6) is 0.934. The van der Waals surface area contributed by atoms with Gasteiger partial charge in [0.2, 0.25) is 0 Å². The molecule has 3 nitrogen and oxygen atoms in total. The number of hydrogen-bond acceptors (Lipinski definition) is 3. The van der Waals surface area contributed by atoms with Gasteiger partial charge in [-0.1, -0.05) is 66.7 Å². The molecule has 0 spiro atoms. The van der Waals surface area contributed by atoms with E-state index in [0.717, 1.165) is 44.7 Å². The zero-order chi connectivity index (χ0) is 19.5. The topological polar surface area (TPSA) is 49.7 Å². The highest BCUT2D eigenvalue weighted by Gasteiger charge is 2.33. The number of phenolic OH excluding ortho intramolecular Hbond substituents is 2. The van der Waals surface area contributed by atoms with Gasteiger partial charge in [0.25, 0.3) is 0 Å². The second-order valence-corrected chi connectivity index (χ2v) is 7.25. The van der Waals surface area contributed by atoms with Crippen molar-refractivity contribution in [2.45, 2.75) is 0 Å². The average Bonchev–Trinajstić information content (AvgIpc) is 3.09. The van der Waals surface area contributed by atoms with Gasteiger partial charge in [-0.3, -0.25) is 0 Å². The van der Waals surface area contributed by atoms with E-state index in [-0.39, 0.29) is 11.5 Å². The molecule has 0 amide bonds. The number of aromatic hydroxyl groups is 2. The summed E-state index contributed by atoms with van der Waals surface area (Å²) in [5, 5.41) is 21.1. The molecule has 29 heavy (non-hydrogen) atoms. The molecular weight excluding hydrogens is 360 g/mol. The largest absolute Gasteiger partial charge is 0.504 e. The van der Waals surface area contributed by atoms with Crippen LogP contribution >= 0.6 is 0 Å². The highest BCUT2D eigenvalue weighted by atomic mass is 16.5. The van der Waals surface area contributed by atoms with Gasteiger partial charge in [0.1, 0.15) is 11.5 Å². The lowest BCUT2D eigenvalue weighted by Crippen LogP contribution is -2.05. The van der Waals surface area contributed by atoms with E-state index < -0.39 is 0 Å². The number of rotatable bonds is 0. The Morgan fingerprint density at radius 1 is 0.483 bits per heavy atom. The molecule has 0 aromatic heterocycles. The molecule has 1 heterocycles. The number of fused-ring (bicyclic) bond motifs is 5. The summed E-state index contributed by atoms with van der Waals surface area (Å²) in [6, 6.07) is 27.6. The first kappa shape index (κ1) is 16.0. The molecule has 1 aliphatic carbocycles. The van der Waals surface area contributed by atoms with Crippen LogP contribution in [0, 0.1) is 0 Å². The van der Waals surface area contributed by atoms with Crippen LogP contribution < -0.4 is 4.74 Å². The highest BCUT2D eigenvalue weighted by Crippen LogP contribution is 2.56. The third-order valence-corrected chi connectivity index (χ3v) is 5.68. The van der Waals surface area contributed by atoms with E-state index in [1.54, 1.807) is 6.07 Å². The summed E-state index contributed by atoms with van der Waals surface area (Å²) < 4.78 is 6.07. The van der Waals surface area contributed by atoms with Crippen molar-refractivity contribution in [3.05, 3.63) is 107 Å². The van der Waals surface area contributed by atoms with Crippen LogP contribution in [0.15, 0.2) is 84.9 Å². The van der Waals surface area contributed by atoms with Crippen molar-refractivity contribution in [2.75, 3.05) is 0 Å². The maximum absolute atomic E-state index is 10.8. The Bertz CT molecular complexity index is 1300. The lowest BCUT2D eigenvalue weighted by atomic mass is 9.85. The van der Waals surface area contributed by atoms with E-state index in [1.165, 1.54) is 6.07 Å². The quantitative estimate of drug-likeness (QED) is 0.311. The molecule has 0 bridgehead atoms. The number of para-hydroxylation sites is 1. The van der Waals surface area contributed by atoms with Gasteiger partial charge in [0, 0.05) is 11.1 Å². The van der Waals surface area contributed by atoms with Gasteiger partial charge >= 0.3 is 0 Å². The van der Waals surface area contributed by atoms with Crippen LogP contribution in [-0.4, -0.2) is 10.2 Å². The Morgan fingerprint density at radius 3 is 1.69 bits per heavy atom. The van der Waals surface area contributed by atoms with Crippen LogP contribution in [0.5, 0.6) is 23.0 Å². The van der Waals surface area contributed by atoms with Crippen molar-refractivity contribution >= 4 is 11.1 Å². The van der Waals surface area contributed by atoms with Crippen molar-refractivity contribution in [1.82, 2.24) is 0 Å². The maximum atomic E-state index is 10.8. The number of benzene rings is 4. The molecule has 0 unspecified atom stereocenters. The zero-order valence-electron chi connectivity index (χ0n) is 15.4. The minimum Gasteiger partial charge on any atom is -0.504 e. The fourth-order valence-electron chi connectivity index (χ4n) is 4.45. The Kier molecular flexibility index (Phi) is 3.18. The van der Waals surface area contributed by atoms with Crippen LogP contribution in [0.4, 0.5) is 0 Å². The average molecular weight is 376 g/mol. The molecule has 0 atom stereocenters. The molecular formula is C26H16O3. The van der Waals surface area contributed by atoms with E-state index in [4.69, 9.17) is 4.74 Å². The Balaban J connectivity index is 1.83. The standard InChI is InChI=1S/C26H16O3/c27-20-13-14-22-25(26(20)28)24(19-11-5-6-12-21(19)29-22)23-17-9-3-1-7-15(17)16-8-2-4-10-18(16)23/h1-14,27-28H. The highest BCUT2D eigenvalue weighted by molar-refractivity contribution is 6.15. The number of hydrogen-bond donors (Lipinski definition) is 2. The molecule has 2 aliphatic rings. The molecule has 138 valence electrons. The molecule has 3 heteroatoms. The molecule has 0 saturated carbocycles. The normalized spacial score (nSPS) is 13.2. The molecule has 1 aliphatic heterocycles. The van der Waals surface area contributed by atoms with E-state index in [1.807, 2.05) is 48.5 Å². The zero-order valence-corrected chi connectivity index (χ0v) is 15.4. The second kappa shape index (κ2) is 5.76. The van der Waals surface area contributed by atoms with Gasteiger partial charge in [0.05, 0.1) is 5.56 Å². The summed E-state index contributed by atoms with van der Waals surface area (Å²) >= 11 is 0. The summed E-state index contributed by atoms with van der Waals surface area (Å²) in [5.41, 5.74) is 7.85. The first-order valence-electron chi connectivity index (χ1n) is 9.50.